The van der Waals surface area contributed by atoms with Crippen LogP contribution < -0.4 is 9.46 Å². The van der Waals surface area contributed by atoms with Gasteiger partial charge in [-0.1, -0.05) is 36.4 Å². The molecule has 0 radical (unpaired) electrons. The number of para-hydroxylation sites is 1. The van der Waals surface area contributed by atoms with E-state index >= 15 is 0 Å². The summed E-state index contributed by atoms with van der Waals surface area (Å²) in [6, 6.07) is 16.0. The molecule has 0 spiro atoms. The van der Waals surface area contributed by atoms with E-state index in [1.54, 1.807) is 30.3 Å². The standard InChI is InChI=1S/C21H24N2O4S/c1-15-7-5-6-10-20(15)27-14-21(24)23-13-16-11-17(23)12-19(16)22-28(25,26)18-8-3-2-4-9-18/h2-10,16-17,19,22H,11-14H2,1H3/t16-,17-,19-/m0/s1. The van der Waals surface area contributed by atoms with Crippen LogP contribution in [0.3, 0.4) is 0 Å². The van der Waals surface area contributed by atoms with Crippen LogP contribution in [0.25, 0.3) is 0 Å². The molecule has 6 nitrogen and oxygen atoms in total. The molecule has 1 amide bonds. The fourth-order valence-electron chi connectivity index (χ4n) is 4.21. The SMILES string of the molecule is Cc1ccccc1OCC(=O)N1C[C@@H]2C[C@H]1C[C@@H]2NS(=O)(=O)c1ccccc1. The minimum atomic E-state index is -3.53. The van der Waals surface area contributed by atoms with E-state index in [1.165, 1.54) is 0 Å². The highest BCUT2D eigenvalue weighted by Crippen LogP contribution is 2.38. The molecule has 2 aromatic rings. The first-order valence-corrected chi connectivity index (χ1v) is 11.0. The molecule has 148 valence electrons. The Morgan fingerprint density at radius 3 is 2.50 bits per heavy atom. The Morgan fingerprint density at radius 2 is 1.82 bits per heavy atom. The van der Waals surface area contributed by atoms with Gasteiger partial charge in [-0.25, -0.2) is 13.1 Å². The molecule has 2 aromatic carbocycles. The highest BCUT2D eigenvalue weighted by molar-refractivity contribution is 7.89. The van der Waals surface area contributed by atoms with Gasteiger partial charge in [-0.15, -0.1) is 0 Å². The Hall–Kier alpha value is -2.38. The maximum Gasteiger partial charge on any atom is 0.260 e. The molecule has 7 heteroatoms. The van der Waals surface area contributed by atoms with Crippen molar-refractivity contribution in [2.75, 3.05) is 13.2 Å². The van der Waals surface area contributed by atoms with Gasteiger partial charge in [0.25, 0.3) is 5.91 Å². The van der Waals surface area contributed by atoms with Gasteiger partial charge in [0.1, 0.15) is 5.75 Å². The van der Waals surface area contributed by atoms with Crippen molar-refractivity contribution in [1.82, 2.24) is 9.62 Å². The molecule has 2 fully saturated rings. The summed E-state index contributed by atoms with van der Waals surface area (Å²) in [6.45, 7) is 2.53. The number of carbonyl (C=O) groups excluding carboxylic acids is 1. The second-order valence-corrected chi connectivity index (χ2v) is 9.24. The molecule has 28 heavy (non-hydrogen) atoms. The summed E-state index contributed by atoms with van der Waals surface area (Å²) < 4.78 is 33.6. The molecular formula is C21H24N2O4S. The summed E-state index contributed by atoms with van der Waals surface area (Å²) in [4.78, 5) is 14.7. The molecule has 1 heterocycles. The fraction of sp³-hybridized carbons (Fsp3) is 0.381. The zero-order valence-electron chi connectivity index (χ0n) is 15.7. The number of aryl methyl sites for hydroxylation is 1. The van der Waals surface area contributed by atoms with Gasteiger partial charge in [-0.05, 0) is 49.4 Å². The van der Waals surface area contributed by atoms with Crippen molar-refractivity contribution in [2.24, 2.45) is 5.92 Å². The Morgan fingerprint density at radius 1 is 1.11 bits per heavy atom. The fourth-order valence-corrected chi connectivity index (χ4v) is 5.55. The lowest BCUT2D eigenvalue weighted by Gasteiger charge is -2.31. The molecule has 1 saturated heterocycles. The Balaban J connectivity index is 1.34. The van der Waals surface area contributed by atoms with E-state index < -0.39 is 10.0 Å². The molecule has 0 unspecified atom stereocenters. The normalized spacial score (nSPS) is 23.8. The van der Waals surface area contributed by atoms with Crippen molar-refractivity contribution in [3.05, 3.63) is 60.2 Å². The first-order chi connectivity index (χ1) is 13.4. The van der Waals surface area contributed by atoms with Crippen molar-refractivity contribution < 1.29 is 17.9 Å². The van der Waals surface area contributed by atoms with Crippen LogP contribution in [0, 0.1) is 12.8 Å². The van der Waals surface area contributed by atoms with Crippen LogP contribution in [0.2, 0.25) is 0 Å². The van der Waals surface area contributed by atoms with Gasteiger partial charge < -0.3 is 9.64 Å². The molecule has 0 aromatic heterocycles. The van der Waals surface area contributed by atoms with E-state index in [1.807, 2.05) is 36.1 Å². The second-order valence-electron chi connectivity index (χ2n) is 7.53. The number of fused-ring (bicyclic) bond motifs is 2. The van der Waals surface area contributed by atoms with E-state index in [9.17, 15) is 13.2 Å². The highest BCUT2D eigenvalue weighted by atomic mass is 32.2. The summed E-state index contributed by atoms with van der Waals surface area (Å²) in [7, 11) is -3.53. The number of piperidine rings is 1. The van der Waals surface area contributed by atoms with Crippen LogP contribution in [0.5, 0.6) is 5.75 Å². The number of amides is 1. The van der Waals surface area contributed by atoms with Crippen LogP contribution in [0.15, 0.2) is 59.5 Å². The number of carbonyl (C=O) groups is 1. The minimum absolute atomic E-state index is 0.00842. The highest BCUT2D eigenvalue weighted by Gasteiger charge is 2.47. The van der Waals surface area contributed by atoms with Gasteiger partial charge in [-0.3, -0.25) is 4.79 Å². The summed E-state index contributed by atoms with van der Waals surface area (Å²) in [5.41, 5.74) is 0.994. The van der Waals surface area contributed by atoms with Gasteiger partial charge >= 0.3 is 0 Å². The predicted molar refractivity (Wildman–Crippen MR) is 105 cm³/mol. The topological polar surface area (TPSA) is 75.7 Å². The Labute approximate surface area is 165 Å². The van der Waals surface area contributed by atoms with E-state index in [2.05, 4.69) is 4.72 Å². The number of hydrogen-bond donors (Lipinski definition) is 1. The molecule has 4 rings (SSSR count). The zero-order chi connectivity index (χ0) is 19.7. The quantitative estimate of drug-likeness (QED) is 0.808. The number of sulfonamides is 1. The Kier molecular flexibility index (Phi) is 5.12. The van der Waals surface area contributed by atoms with E-state index in [0.717, 1.165) is 12.0 Å². The number of rotatable bonds is 6. The lowest BCUT2D eigenvalue weighted by molar-refractivity contribution is -0.135. The number of likely N-dealkylation sites (tertiary alicyclic amines) is 1. The minimum Gasteiger partial charge on any atom is -0.484 e. The molecule has 1 aliphatic heterocycles. The third-order valence-corrected chi connectivity index (χ3v) is 7.17. The zero-order valence-corrected chi connectivity index (χ0v) is 16.6. The van der Waals surface area contributed by atoms with Crippen molar-refractivity contribution >= 4 is 15.9 Å². The van der Waals surface area contributed by atoms with Crippen molar-refractivity contribution in [1.29, 1.82) is 0 Å². The molecule has 1 N–H and O–H groups in total. The van der Waals surface area contributed by atoms with Crippen molar-refractivity contribution in [3.63, 3.8) is 0 Å². The van der Waals surface area contributed by atoms with Crippen LogP contribution in [-0.2, 0) is 14.8 Å². The number of nitrogens with one attached hydrogen (secondary N) is 1. The summed E-state index contributed by atoms with van der Waals surface area (Å²) >= 11 is 0. The molecule has 3 atom stereocenters. The monoisotopic (exact) mass is 400 g/mol. The molecular weight excluding hydrogens is 376 g/mol. The van der Waals surface area contributed by atoms with E-state index in [0.29, 0.717) is 18.7 Å². The van der Waals surface area contributed by atoms with Crippen LogP contribution in [0.4, 0.5) is 0 Å². The first-order valence-electron chi connectivity index (χ1n) is 9.49. The lowest BCUT2D eigenvalue weighted by atomic mass is 10.0. The van der Waals surface area contributed by atoms with Gasteiger partial charge in [0.2, 0.25) is 10.0 Å². The third kappa shape index (κ3) is 3.77. The Bertz CT molecular complexity index is 961. The lowest BCUT2D eigenvalue weighted by Crippen LogP contribution is -2.48. The van der Waals surface area contributed by atoms with Crippen LogP contribution >= 0.6 is 0 Å². The number of ether oxygens (including phenoxy) is 1. The average molecular weight is 401 g/mol. The molecule has 1 aliphatic carbocycles. The maximum absolute atomic E-state index is 12.6. The third-order valence-electron chi connectivity index (χ3n) is 5.67. The van der Waals surface area contributed by atoms with Gasteiger partial charge in [0.15, 0.2) is 6.61 Å². The summed E-state index contributed by atoms with van der Waals surface area (Å²) in [5.74, 6) is 0.819. The second kappa shape index (κ2) is 7.56. The van der Waals surface area contributed by atoms with E-state index in [-0.39, 0.29) is 35.4 Å². The van der Waals surface area contributed by atoms with Gasteiger partial charge in [0, 0.05) is 18.6 Å². The largest absolute Gasteiger partial charge is 0.484 e. The number of benzene rings is 2. The smallest absolute Gasteiger partial charge is 0.260 e. The predicted octanol–water partition coefficient (Wildman–Crippen LogP) is 2.34. The summed E-state index contributed by atoms with van der Waals surface area (Å²) in [5, 5.41) is 0. The number of nitrogens with zero attached hydrogens (tertiary/aromatic N) is 1. The van der Waals surface area contributed by atoms with Gasteiger partial charge in [0.05, 0.1) is 4.90 Å². The first kappa shape index (κ1) is 19.0. The average Bonchev–Trinajstić information content (AvgIpc) is 3.28. The summed E-state index contributed by atoms with van der Waals surface area (Å²) in [6.07, 6.45) is 1.48. The molecule has 2 aliphatic rings. The van der Waals surface area contributed by atoms with Gasteiger partial charge in [-0.2, -0.15) is 0 Å². The van der Waals surface area contributed by atoms with Crippen LogP contribution in [0.1, 0.15) is 18.4 Å². The van der Waals surface area contributed by atoms with Crippen molar-refractivity contribution in [2.45, 2.75) is 36.7 Å². The molecule has 2 bridgehead atoms. The van der Waals surface area contributed by atoms with Crippen molar-refractivity contribution in [3.8, 4) is 5.75 Å². The number of hydrogen-bond acceptors (Lipinski definition) is 4. The maximum atomic E-state index is 12.6. The molecule has 1 saturated carbocycles. The van der Waals surface area contributed by atoms with Crippen LogP contribution in [-0.4, -0.2) is 44.5 Å². The van der Waals surface area contributed by atoms with E-state index in [4.69, 9.17) is 4.74 Å².